The number of fused-ring (bicyclic) bond motifs is 1. The number of carbonyl (C=O) groups is 2. The number of carbonyl (C=O) groups excluding carboxylic acids is 2. The second kappa shape index (κ2) is 11.4. The van der Waals surface area contributed by atoms with Gasteiger partial charge in [0.05, 0.1) is 19.0 Å². The summed E-state index contributed by atoms with van der Waals surface area (Å²) >= 11 is 5.18. The Hall–Kier alpha value is -4.57. The topological polar surface area (TPSA) is 102 Å². The molecule has 0 aliphatic rings. The zero-order valence-electron chi connectivity index (χ0n) is 20.0. The van der Waals surface area contributed by atoms with Gasteiger partial charge in [-0.1, -0.05) is 30.3 Å². The number of hydrogen-bond donors (Lipinski definition) is 3. The van der Waals surface area contributed by atoms with E-state index in [0.29, 0.717) is 28.1 Å². The summed E-state index contributed by atoms with van der Waals surface area (Å²) in [6.45, 7) is 0. The van der Waals surface area contributed by atoms with E-state index in [0.717, 1.165) is 5.56 Å². The molecule has 4 rings (SSSR count). The van der Waals surface area contributed by atoms with Crippen LogP contribution in [0.3, 0.4) is 0 Å². The van der Waals surface area contributed by atoms with E-state index in [9.17, 15) is 14.0 Å². The smallest absolute Gasteiger partial charge is 0.257 e. The quantitative estimate of drug-likeness (QED) is 0.308. The van der Waals surface area contributed by atoms with E-state index in [-0.39, 0.29) is 34.7 Å². The van der Waals surface area contributed by atoms with Crippen LogP contribution in [0.1, 0.15) is 15.9 Å². The number of rotatable bonds is 7. The predicted molar refractivity (Wildman–Crippen MR) is 143 cm³/mol. The number of anilines is 1. The third kappa shape index (κ3) is 5.99. The van der Waals surface area contributed by atoms with Crippen LogP contribution in [0.2, 0.25) is 0 Å². The van der Waals surface area contributed by atoms with Gasteiger partial charge in [-0.05, 0) is 48.1 Å². The van der Waals surface area contributed by atoms with Gasteiger partial charge in [-0.15, -0.1) is 0 Å². The molecule has 0 spiro atoms. The van der Waals surface area contributed by atoms with Gasteiger partial charge in [0, 0.05) is 30.4 Å². The fourth-order valence-electron chi connectivity index (χ4n) is 3.67. The Morgan fingerprint density at radius 2 is 1.76 bits per heavy atom. The van der Waals surface area contributed by atoms with E-state index < -0.39 is 5.82 Å². The van der Waals surface area contributed by atoms with Crippen molar-refractivity contribution in [2.45, 2.75) is 6.42 Å². The van der Waals surface area contributed by atoms with E-state index in [1.165, 1.54) is 32.5 Å². The number of pyridine rings is 1. The van der Waals surface area contributed by atoms with Crippen molar-refractivity contribution >= 4 is 45.7 Å². The van der Waals surface area contributed by atoms with Crippen molar-refractivity contribution in [1.29, 1.82) is 0 Å². The van der Waals surface area contributed by atoms with Crippen molar-refractivity contribution in [2.75, 3.05) is 19.5 Å². The third-order valence-corrected chi connectivity index (χ3v) is 5.58. The average Bonchev–Trinajstić information content (AvgIpc) is 2.89. The molecule has 0 saturated carbocycles. The molecule has 37 heavy (non-hydrogen) atoms. The number of nitrogens with one attached hydrogen (secondary N) is 3. The maximum Gasteiger partial charge on any atom is 0.257 e. The lowest BCUT2D eigenvalue weighted by Crippen LogP contribution is -2.35. The molecule has 0 radical (unpaired) electrons. The molecule has 1 aromatic heterocycles. The van der Waals surface area contributed by atoms with Gasteiger partial charge in [0.2, 0.25) is 5.91 Å². The first-order valence-electron chi connectivity index (χ1n) is 11.2. The molecular formula is C27H23FN4O4S. The Morgan fingerprint density at radius 1 is 1.00 bits per heavy atom. The molecule has 8 nitrogen and oxygen atoms in total. The van der Waals surface area contributed by atoms with Gasteiger partial charge in [-0.3, -0.25) is 14.6 Å². The lowest BCUT2D eigenvalue weighted by atomic mass is 10.1. The Kier molecular flexibility index (Phi) is 7.89. The van der Waals surface area contributed by atoms with Crippen LogP contribution in [0, 0.1) is 5.82 Å². The van der Waals surface area contributed by atoms with E-state index in [2.05, 4.69) is 20.9 Å². The highest BCUT2D eigenvalue weighted by Gasteiger charge is 2.19. The average molecular weight is 519 g/mol. The first-order chi connectivity index (χ1) is 17.9. The molecule has 0 saturated heterocycles. The lowest BCUT2D eigenvalue weighted by molar-refractivity contribution is -0.119. The van der Waals surface area contributed by atoms with Crippen molar-refractivity contribution < 1.29 is 23.5 Å². The highest BCUT2D eigenvalue weighted by atomic mass is 32.1. The summed E-state index contributed by atoms with van der Waals surface area (Å²) in [6.07, 6.45) is 1.63. The SMILES string of the molecule is CNC(=O)c1c(OC)ccc2c(Oc3ccc(NC(=S)NC(=O)Cc4ccccc4)cc3F)ccnc12. The monoisotopic (exact) mass is 518 g/mol. The van der Waals surface area contributed by atoms with Gasteiger partial charge in [0.15, 0.2) is 16.7 Å². The van der Waals surface area contributed by atoms with Crippen LogP contribution < -0.4 is 25.4 Å². The molecule has 0 aliphatic heterocycles. The minimum atomic E-state index is -0.659. The minimum absolute atomic E-state index is 0.0461. The fraction of sp³-hybridized carbons (Fsp3) is 0.111. The van der Waals surface area contributed by atoms with Crippen molar-refractivity contribution in [3.63, 3.8) is 0 Å². The summed E-state index contributed by atoms with van der Waals surface area (Å²) in [4.78, 5) is 28.9. The second-order valence-electron chi connectivity index (χ2n) is 7.84. The van der Waals surface area contributed by atoms with Crippen LogP contribution in [0.4, 0.5) is 10.1 Å². The largest absolute Gasteiger partial charge is 0.496 e. The standard InChI is InChI=1S/C27H23FN4O4S/c1-29-26(34)24-22(35-2)11-9-18-20(12-13-30-25(18)24)36-21-10-8-17(15-19(21)28)31-27(37)32-23(33)14-16-6-4-3-5-7-16/h3-13,15H,14H2,1-2H3,(H,29,34)(H2,31,32,33,37). The number of ether oxygens (including phenoxy) is 2. The Bertz CT molecular complexity index is 1480. The summed E-state index contributed by atoms with van der Waals surface area (Å²) in [5.41, 5.74) is 1.78. The van der Waals surface area contributed by atoms with Crippen LogP contribution in [-0.2, 0) is 11.2 Å². The van der Waals surface area contributed by atoms with Gasteiger partial charge in [0.25, 0.3) is 5.91 Å². The van der Waals surface area contributed by atoms with E-state index >= 15 is 0 Å². The summed E-state index contributed by atoms with van der Waals surface area (Å²) in [5.74, 6) is -0.712. The normalized spacial score (nSPS) is 10.5. The van der Waals surface area contributed by atoms with Crippen LogP contribution in [0.5, 0.6) is 17.2 Å². The lowest BCUT2D eigenvalue weighted by Gasteiger charge is -2.14. The molecule has 0 fully saturated rings. The van der Waals surface area contributed by atoms with Gasteiger partial charge in [-0.25, -0.2) is 4.39 Å². The zero-order chi connectivity index (χ0) is 26.4. The van der Waals surface area contributed by atoms with E-state index in [1.807, 2.05) is 30.3 Å². The minimum Gasteiger partial charge on any atom is -0.496 e. The van der Waals surface area contributed by atoms with Crippen molar-refractivity contribution in [1.82, 2.24) is 15.6 Å². The van der Waals surface area contributed by atoms with Crippen LogP contribution in [0.15, 0.2) is 72.9 Å². The van der Waals surface area contributed by atoms with Crippen LogP contribution in [-0.4, -0.2) is 36.1 Å². The van der Waals surface area contributed by atoms with Crippen molar-refractivity contribution in [3.05, 3.63) is 89.9 Å². The Morgan fingerprint density at radius 3 is 2.46 bits per heavy atom. The van der Waals surface area contributed by atoms with E-state index in [1.54, 1.807) is 24.3 Å². The molecule has 188 valence electrons. The summed E-state index contributed by atoms with van der Waals surface area (Å²) in [6, 6.07) is 18.3. The number of aromatic nitrogens is 1. The number of benzene rings is 3. The first kappa shape index (κ1) is 25.5. The van der Waals surface area contributed by atoms with Gasteiger partial charge in [0.1, 0.15) is 17.1 Å². The highest BCUT2D eigenvalue weighted by molar-refractivity contribution is 7.80. The highest BCUT2D eigenvalue weighted by Crippen LogP contribution is 2.35. The van der Waals surface area contributed by atoms with Gasteiger partial charge in [-0.2, -0.15) is 0 Å². The maximum atomic E-state index is 14.9. The molecule has 0 bridgehead atoms. The molecule has 0 unspecified atom stereocenters. The molecule has 4 aromatic rings. The number of hydrogen-bond acceptors (Lipinski definition) is 6. The van der Waals surface area contributed by atoms with Crippen molar-refractivity contribution in [3.8, 4) is 17.2 Å². The summed E-state index contributed by atoms with van der Waals surface area (Å²) in [5, 5.41) is 8.49. The maximum absolute atomic E-state index is 14.9. The van der Waals surface area contributed by atoms with Gasteiger partial charge < -0.3 is 25.4 Å². The molecule has 0 aliphatic carbocycles. The number of amides is 2. The molecule has 0 atom stereocenters. The van der Waals surface area contributed by atoms with Crippen LogP contribution in [0.25, 0.3) is 10.9 Å². The molecule has 2 amide bonds. The number of halogens is 1. The fourth-order valence-corrected chi connectivity index (χ4v) is 3.90. The summed E-state index contributed by atoms with van der Waals surface area (Å²) < 4.78 is 26.1. The predicted octanol–water partition coefficient (Wildman–Crippen LogP) is 4.59. The van der Waals surface area contributed by atoms with Crippen LogP contribution >= 0.6 is 12.2 Å². The molecular weight excluding hydrogens is 495 g/mol. The van der Waals surface area contributed by atoms with Gasteiger partial charge >= 0.3 is 0 Å². The Labute approximate surface area is 217 Å². The molecule has 10 heteroatoms. The zero-order valence-corrected chi connectivity index (χ0v) is 20.8. The molecule has 3 N–H and O–H groups in total. The molecule has 1 heterocycles. The molecule has 3 aromatic carbocycles. The number of nitrogens with zero attached hydrogens (tertiary/aromatic N) is 1. The summed E-state index contributed by atoms with van der Waals surface area (Å²) in [7, 11) is 2.96. The van der Waals surface area contributed by atoms with E-state index in [4.69, 9.17) is 21.7 Å². The third-order valence-electron chi connectivity index (χ3n) is 5.38. The number of methoxy groups -OCH3 is 1. The Balaban J connectivity index is 1.49. The second-order valence-corrected chi connectivity index (χ2v) is 8.25. The first-order valence-corrected chi connectivity index (χ1v) is 11.6. The number of thiocarbonyl (C=S) groups is 1. The van der Waals surface area contributed by atoms with Crippen molar-refractivity contribution in [2.24, 2.45) is 0 Å².